The molecule has 7 nitrogen and oxygen atoms in total. The summed E-state index contributed by atoms with van der Waals surface area (Å²) in [6.07, 6.45) is 5.03. The van der Waals surface area contributed by atoms with Gasteiger partial charge in [-0.3, -0.25) is 4.79 Å². The Hall–Kier alpha value is -2.18. The van der Waals surface area contributed by atoms with E-state index in [1.807, 2.05) is 18.7 Å². The van der Waals surface area contributed by atoms with Gasteiger partial charge in [-0.05, 0) is 40.0 Å². The predicted molar refractivity (Wildman–Crippen MR) is 88.5 cm³/mol. The van der Waals surface area contributed by atoms with Crippen molar-refractivity contribution in [2.45, 2.75) is 58.9 Å². The van der Waals surface area contributed by atoms with Gasteiger partial charge in [-0.2, -0.15) is 0 Å². The number of hydrogen-bond acceptors (Lipinski definition) is 5. The fraction of sp³-hybridized carbons (Fsp3) is 0.647. The van der Waals surface area contributed by atoms with Gasteiger partial charge < -0.3 is 14.0 Å². The molecule has 1 aliphatic rings. The molecule has 0 radical (unpaired) electrons. The third-order valence-electron chi connectivity index (χ3n) is 4.90. The van der Waals surface area contributed by atoms with Crippen LogP contribution < -0.4 is 0 Å². The molecule has 1 aliphatic heterocycles. The van der Waals surface area contributed by atoms with Crippen LogP contribution in [0.1, 0.15) is 54.9 Å². The summed E-state index contributed by atoms with van der Waals surface area (Å²) in [5.74, 6) is 2.29. The van der Waals surface area contributed by atoms with E-state index in [1.54, 1.807) is 6.33 Å². The minimum Gasteiger partial charge on any atom is -0.361 e. The number of piperidine rings is 1. The average Bonchev–Trinajstić information content (AvgIpc) is 3.20. The Morgan fingerprint density at radius 3 is 2.96 bits per heavy atom. The third-order valence-corrected chi connectivity index (χ3v) is 4.90. The molecule has 130 valence electrons. The smallest absolute Gasteiger partial charge is 0.222 e. The average molecular weight is 331 g/mol. The highest BCUT2D eigenvalue weighted by molar-refractivity contribution is 5.76. The van der Waals surface area contributed by atoms with Crippen LogP contribution in [0.2, 0.25) is 0 Å². The quantitative estimate of drug-likeness (QED) is 0.840. The maximum atomic E-state index is 12.6. The maximum absolute atomic E-state index is 12.6. The topological polar surface area (TPSA) is 77.1 Å². The Bertz CT molecular complexity index is 686. The molecule has 1 atom stereocenters. The van der Waals surface area contributed by atoms with Crippen molar-refractivity contribution in [2.24, 2.45) is 0 Å². The van der Waals surface area contributed by atoms with Crippen LogP contribution >= 0.6 is 0 Å². The zero-order valence-corrected chi connectivity index (χ0v) is 14.7. The second-order valence-corrected chi connectivity index (χ2v) is 6.46. The lowest BCUT2D eigenvalue weighted by Crippen LogP contribution is -2.39. The molecule has 2 aromatic rings. The highest BCUT2D eigenvalue weighted by atomic mass is 16.5. The molecule has 0 spiro atoms. The van der Waals surface area contributed by atoms with Crippen LogP contribution in [0.4, 0.5) is 0 Å². The van der Waals surface area contributed by atoms with E-state index < -0.39 is 0 Å². The minimum atomic E-state index is 0.197. The molecule has 1 unspecified atom stereocenters. The van der Waals surface area contributed by atoms with Crippen LogP contribution in [0, 0.1) is 13.8 Å². The molecule has 0 aliphatic carbocycles. The van der Waals surface area contributed by atoms with Gasteiger partial charge >= 0.3 is 0 Å². The van der Waals surface area contributed by atoms with Crippen LogP contribution in [-0.2, 0) is 17.8 Å². The molecular formula is C17H25N5O2. The van der Waals surface area contributed by atoms with E-state index in [1.165, 1.54) is 0 Å². The summed E-state index contributed by atoms with van der Waals surface area (Å²) in [6.45, 7) is 8.33. The molecule has 3 heterocycles. The van der Waals surface area contributed by atoms with E-state index in [2.05, 4.69) is 26.8 Å². The highest BCUT2D eigenvalue weighted by Gasteiger charge is 2.27. The van der Waals surface area contributed by atoms with Crippen molar-refractivity contribution < 1.29 is 9.32 Å². The number of hydrogen-bond donors (Lipinski definition) is 0. The fourth-order valence-corrected chi connectivity index (χ4v) is 3.49. The van der Waals surface area contributed by atoms with E-state index in [-0.39, 0.29) is 11.8 Å². The summed E-state index contributed by atoms with van der Waals surface area (Å²) in [4.78, 5) is 14.6. The number of carbonyl (C=O) groups excluding carboxylic acids is 1. The van der Waals surface area contributed by atoms with Crippen molar-refractivity contribution in [1.82, 2.24) is 24.8 Å². The monoisotopic (exact) mass is 331 g/mol. The SMILES string of the molecule is CCn1cnnc1C1CCCN(C(=O)CCc2c(C)noc2C)C1. The molecule has 1 amide bonds. The van der Waals surface area contributed by atoms with Crippen LogP contribution in [0.5, 0.6) is 0 Å². The summed E-state index contributed by atoms with van der Waals surface area (Å²) in [5, 5.41) is 12.2. The second-order valence-electron chi connectivity index (χ2n) is 6.46. The molecular weight excluding hydrogens is 306 g/mol. The van der Waals surface area contributed by atoms with E-state index in [0.717, 1.165) is 55.3 Å². The Morgan fingerprint density at radius 2 is 2.25 bits per heavy atom. The van der Waals surface area contributed by atoms with Gasteiger partial charge in [-0.15, -0.1) is 10.2 Å². The molecule has 2 aromatic heterocycles. The first-order chi connectivity index (χ1) is 11.6. The van der Waals surface area contributed by atoms with Crippen molar-refractivity contribution in [3.8, 4) is 0 Å². The predicted octanol–water partition coefficient (Wildman–Crippen LogP) is 2.24. The summed E-state index contributed by atoms with van der Waals surface area (Å²) in [5.41, 5.74) is 1.94. The van der Waals surface area contributed by atoms with E-state index >= 15 is 0 Å². The standard InChI is InChI=1S/C17H25N5O2/c1-4-21-11-18-19-17(21)14-6-5-9-22(10-14)16(23)8-7-15-12(2)20-24-13(15)3/h11,14H,4-10H2,1-3H3. The normalized spacial score (nSPS) is 18.1. The zero-order chi connectivity index (χ0) is 17.1. The molecule has 7 heteroatoms. The summed E-state index contributed by atoms with van der Waals surface area (Å²) in [7, 11) is 0. The number of likely N-dealkylation sites (tertiary alicyclic amines) is 1. The number of rotatable bonds is 5. The molecule has 1 fully saturated rings. The van der Waals surface area contributed by atoms with Crippen molar-refractivity contribution in [3.63, 3.8) is 0 Å². The molecule has 0 N–H and O–H groups in total. The van der Waals surface area contributed by atoms with Crippen LogP contribution in [0.25, 0.3) is 0 Å². The number of carbonyl (C=O) groups is 1. The summed E-state index contributed by atoms with van der Waals surface area (Å²) < 4.78 is 7.24. The lowest BCUT2D eigenvalue weighted by molar-refractivity contribution is -0.132. The van der Waals surface area contributed by atoms with Crippen molar-refractivity contribution in [2.75, 3.05) is 13.1 Å². The first kappa shape index (κ1) is 16.7. The maximum Gasteiger partial charge on any atom is 0.222 e. The van der Waals surface area contributed by atoms with Gasteiger partial charge in [0.25, 0.3) is 0 Å². The van der Waals surface area contributed by atoms with Crippen molar-refractivity contribution in [3.05, 3.63) is 29.2 Å². The Balaban J connectivity index is 1.61. The van der Waals surface area contributed by atoms with Gasteiger partial charge in [-0.25, -0.2) is 0 Å². The number of nitrogens with zero attached hydrogens (tertiary/aromatic N) is 5. The molecule has 3 rings (SSSR count). The van der Waals surface area contributed by atoms with Crippen molar-refractivity contribution in [1.29, 1.82) is 0 Å². The second kappa shape index (κ2) is 7.15. The lowest BCUT2D eigenvalue weighted by Gasteiger charge is -2.32. The van der Waals surface area contributed by atoms with E-state index in [0.29, 0.717) is 12.8 Å². The molecule has 0 bridgehead atoms. The lowest BCUT2D eigenvalue weighted by atomic mass is 9.96. The van der Waals surface area contributed by atoms with Crippen LogP contribution in [-0.4, -0.2) is 43.8 Å². The first-order valence-electron chi connectivity index (χ1n) is 8.67. The van der Waals surface area contributed by atoms with Gasteiger partial charge in [0.2, 0.25) is 5.91 Å². The van der Waals surface area contributed by atoms with Gasteiger partial charge in [0, 0.05) is 37.5 Å². The Kier molecular flexibility index (Phi) is 4.97. The zero-order valence-electron chi connectivity index (χ0n) is 14.7. The Morgan fingerprint density at radius 1 is 1.42 bits per heavy atom. The summed E-state index contributed by atoms with van der Waals surface area (Å²) in [6, 6.07) is 0. The molecule has 0 aromatic carbocycles. The fourth-order valence-electron chi connectivity index (χ4n) is 3.49. The summed E-state index contributed by atoms with van der Waals surface area (Å²) >= 11 is 0. The highest BCUT2D eigenvalue weighted by Crippen LogP contribution is 2.26. The first-order valence-corrected chi connectivity index (χ1v) is 8.67. The molecule has 0 saturated carbocycles. The van der Waals surface area contributed by atoms with Gasteiger partial charge in [0.1, 0.15) is 17.9 Å². The van der Waals surface area contributed by atoms with E-state index in [9.17, 15) is 4.79 Å². The largest absolute Gasteiger partial charge is 0.361 e. The van der Waals surface area contributed by atoms with Crippen LogP contribution in [0.3, 0.4) is 0 Å². The molecule has 1 saturated heterocycles. The minimum absolute atomic E-state index is 0.197. The van der Waals surface area contributed by atoms with Gasteiger partial charge in [0.15, 0.2) is 0 Å². The van der Waals surface area contributed by atoms with E-state index in [4.69, 9.17) is 4.52 Å². The van der Waals surface area contributed by atoms with Crippen LogP contribution in [0.15, 0.2) is 10.9 Å². The van der Waals surface area contributed by atoms with Gasteiger partial charge in [0.05, 0.1) is 5.69 Å². The third kappa shape index (κ3) is 3.34. The van der Waals surface area contributed by atoms with Crippen molar-refractivity contribution >= 4 is 5.91 Å². The number of amides is 1. The Labute approximate surface area is 142 Å². The molecule has 24 heavy (non-hydrogen) atoms. The number of aromatic nitrogens is 4. The number of aryl methyl sites for hydroxylation is 3. The van der Waals surface area contributed by atoms with Gasteiger partial charge in [-0.1, -0.05) is 5.16 Å².